The van der Waals surface area contributed by atoms with Crippen LogP contribution in [0.15, 0.2) is 42.2 Å². The van der Waals surface area contributed by atoms with Crippen molar-refractivity contribution < 1.29 is 23.8 Å². The van der Waals surface area contributed by atoms with E-state index >= 15 is 0 Å². The molecule has 0 saturated carbocycles. The second-order valence-electron chi connectivity index (χ2n) is 6.74. The molecule has 1 aliphatic heterocycles. The van der Waals surface area contributed by atoms with E-state index in [2.05, 4.69) is 0 Å². The van der Waals surface area contributed by atoms with E-state index in [0.29, 0.717) is 17.1 Å². The molecule has 5 nitrogen and oxygen atoms in total. The maximum atomic E-state index is 12.7. The normalized spacial score (nSPS) is 14.3. The highest BCUT2D eigenvalue weighted by Crippen LogP contribution is 2.37. The summed E-state index contributed by atoms with van der Waals surface area (Å²) < 4.78 is 16.3. The summed E-state index contributed by atoms with van der Waals surface area (Å²) in [6.45, 7) is 7.15. The number of benzene rings is 2. The predicted octanol–water partition coefficient (Wildman–Crippen LogP) is 4.25. The van der Waals surface area contributed by atoms with Gasteiger partial charge in [-0.25, -0.2) is 4.79 Å². The first kappa shape index (κ1) is 18.7. The molecule has 1 aliphatic rings. The third-order valence-corrected chi connectivity index (χ3v) is 4.14. The summed E-state index contributed by atoms with van der Waals surface area (Å²) in [5.74, 6) is 0.569. The molecule has 140 valence electrons. The van der Waals surface area contributed by atoms with Crippen molar-refractivity contribution in [3.63, 3.8) is 0 Å². The molecule has 0 fully saturated rings. The first-order valence-electron chi connectivity index (χ1n) is 8.82. The number of esters is 1. The van der Waals surface area contributed by atoms with Gasteiger partial charge >= 0.3 is 5.97 Å². The Morgan fingerprint density at radius 2 is 1.89 bits per heavy atom. The monoisotopic (exact) mass is 366 g/mol. The third-order valence-electron chi connectivity index (χ3n) is 4.14. The highest BCUT2D eigenvalue weighted by molar-refractivity contribution is 6.15. The van der Waals surface area contributed by atoms with Crippen LogP contribution in [0.3, 0.4) is 0 Å². The summed E-state index contributed by atoms with van der Waals surface area (Å²) in [6, 6.07) is 11.1. The molecule has 0 spiro atoms. The number of aryl methyl sites for hydroxylation is 2. The van der Waals surface area contributed by atoms with Gasteiger partial charge in [-0.3, -0.25) is 4.79 Å². The van der Waals surface area contributed by atoms with Gasteiger partial charge in [-0.05, 0) is 56.5 Å². The molecule has 0 bridgehead atoms. The Hall–Kier alpha value is -3.08. The maximum absolute atomic E-state index is 12.7. The highest BCUT2D eigenvalue weighted by Gasteiger charge is 2.30. The molecule has 0 N–H and O–H groups in total. The number of hydrogen-bond donors (Lipinski definition) is 0. The van der Waals surface area contributed by atoms with E-state index in [1.807, 2.05) is 38.1 Å². The van der Waals surface area contributed by atoms with Crippen LogP contribution in [-0.2, 0) is 9.53 Å². The van der Waals surface area contributed by atoms with Crippen molar-refractivity contribution in [1.29, 1.82) is 0 Å². The number of fused-ring (bicyclic) bond motifs is 1. The fourth-order valence-corrected chi connectivity index (χ4v) is 2.89. The number of Topliss-reactive ketones (excluding diaryl/α,β-unsaturated/α-hetero) is 1. The van der Waals surface area contributed by atoms with Gasteiger partial charge < -0.3 is 14.2 Å². The topological polar surface area (TPSA) is 61.8 Å². The van der Waals surface area contributed by atoms with E-state index in [1.165, 1.54) is 0 Å². The van der Waals surface area contributed by atoms with E-state index in [-0.39, 0.29) is 24.3 Å². The molecule has 0 saturated heterocycles. The number of carbonyl (C=O) groups excluding carboxylic acids is 2. The van der Waals surface area contributed by atoms with Crippen LogP contribution in [0.5, 0.6) is 11.5 Å². The number of rotatable bonds is 5. The van der Waals surface area contributed by atoms with Crippen molar-refractivity contribution in [2.24, 2.45) is 0 Å². The first-order valence-corrected chi connectivity index (χ1v) is 8.82. The molecule has 0 unspecified atom stereocenters. The van der Waals surface area contributed by atoms with E-state index in [0.717, 1.165) is 16.7 Å². The fourth-order valence-electron chi connectivity index (χ4n) is 2.89. The molecule has 0 radical (unpaired) electrons. The molecule has 2 aromatic carbocycles. The molecule has 27 heavy (non-hydrogen) atoms. The largest absolute Gasteiger partial charge is 0.482 e. The van der Waals surface area contributed by atoms with Crippen molar-refractivity contribution in [1.82, 2.24) is 0 Å². The number of allylic oxidation sites excluding steroid dienone is 1. The fraction of sp³-hybridized carbons (Fsp3) is 0.273. The summed E-state index contributed by atoms with van der Waals surface area (Å²) >= 11 is 0. The van der Waals surface area contributed by atoms with Gasteiger partial charge in [-0.15, -0.1) is 0 Å². The van der Waals surface area contributed by atoms with Crippen molar-refractivity contribution >= 4 is 17.8 Å². The Bertz CT molecular complexity index is 924. The zero-order valence-corrected chi connectivity index (χ0v) is 15.9. The number of ketones is 1. The lowest BCUT2D eigenvalue weighted by Gasteiger charge is -2.10. The molecule has 0 aliphatic carbocycles. The summed E-state index contributed by atoms with van der Waals surface area (Å²) in [5, 5.41) is 0. The standard InChI is InChI=1S/C22H22O5/c1-13(2)26-20(23)12-25-17-9-15(4)21-18(11-17)27-19(22(21)24)10-16-8-6-5-7-14(16)3/h5-11,13H,12H2,1-4H3/b19-10-. The minimum Gasteiger partial charge on any atom is -0.482 e. The van der Waals surface area contributed by atoms with Crippen LogP contribution in [0.2, 0.25) is 0 Å². The van der Waals surface area contributed by atoms with Crippen LogP contribution < -0.4 is 9.47 Å². The summed E-state index contributed by atoms with van der Waals surface area (Å²) in [5.41, 5.74) is 3.24. The SMILES string of the molecule is Cc1ccccc1/C=C1\Oc2cc(OCC(=O)OC(C)C)cc(C)c2C1=O. The van der Waals surface area contributed by atoms with Gasteiger partial charge in [-0.2, -0.15) is 0 Å². The van der Waals surface area contributed by atoms with Crippen LogP contribution in [0, 0.1) is 13.8 Å². The van der Waals surface area contributed by atoms with Crippen LogP contribution in [0.4, 0.5) is 0 Å². The lowest BCUT2D eigenvalue weighted by Crippen LogP contribution is -2.18. The third kappa shape index (κ3) is 4.19. The maximum Gasteiger partial charge on any atom is 0.344 e. The molecule has 3 rings (SSSR count). The van der Waals surface area contributed by atoms with Crippen LogP contribution >= 0.6 is 0 Å². The van der Waals surface area contributed by atoms with Crippen LogP contribution in [0.1, 0.15) is 40.9 Å². The number of ether oxygens (including phenoxy) is 3. The van der Waals surface area contributed by atoms with Crippen molar-refractivity contribution in [2.75, 3.05) is 6.61 Å². The molecule has 0 aromatic heterocycles. The second kappa shape index (κ2) is 7.66. The Labute approximate surface area is 158 Å². The van der Waals surface area contributed by atoms with E-state index in [1.54, 1.807) is 32.1 Å². The van der Waals surface area contributed by atoms with Crippen LogP contribution in [0.25, 0.3) is 6.08 Å². The molecular weight excluding hydrogens is 344 g/mol. The zero-order valence-electron chi connectivity index (χ0n) is 15.9. The second-order valence-corrected chi connectivity index (χ2v) is 6.74. The van der Waals surface area contributed by atoms with Crippen molar-refractivity contribution in [2.45, 2.75) is 33.8 Å². The Balaban J connectivity index is 1.81. The molecule has 0 atom stereocenters. The molecule has 1 heterocycles. The van der Waals surface area contributed by atoms with Gasteiger partial charge in [0.2, 0.25) is 5.78 Å². The minimum atomic E-state index is -0.444. The summed E-state index contributed by atoms with van der Waals surface area (Å²) in [7, 11) is 0. The van der Waals surface area contributed by atoms with Crippen molar-refractivity contribution in [3.8, 4) is 11.5 Å². The van der Waals surface area contributed by atoms with Gasteiger partial charge in [0.1, 0.15) is 11.5 Å². The van der Waals surface area contributed by atoms with Crippen molar-refractivity contribution in [3.05, 3.63) is 64.4 Å². The highest BCUT2D eigenvalue weighted by atomic mass is 16.6. The first-order chi connectivity index (χ1) is 12.8. The van der Waals surface area contributed by atoms with Gasteiger partial charge in [0, 0.05) is 6.07 Å². The average Bonchev–Trinajstić information content (AvgIpc) is 2.91. The molecule has 0 amide bonds. The Kier molecular flexibility index (Phi) is 5.31. The quantitative estimate of drug-likeness (QED) is 0.585. The lowest BCUT2D eigenvalue weighted by atomic mass is 10.0. The van der Waals surface area contributed by atoms with Gasteiger partial charge in [0.05, 0.1) is 11.7 Å². The van der Waals surface area contributed by atoms with E-state index in [9.17, 15) is 9.59 Å². The average molecular weight is 366 g/mol. The zero-order chi connectivity index (χ0) is 19.6. The minimum absolute atomic E-state index is 0.156. The lowest BCUT2D eigenvalue weighted by molar-refractivity contribution is -0.149. The Morgan fingerprint density at radius 1 is 1.15 bits per heavy atom. The van der Waals surface area contributed by atoms with Crippen LogP contribution in [-0.4, -0.2) is 24.5 Å². The Morgan fingerprint density at radius 3 is 2.59 bits per heavy atom. The molecule has 5 heteroatoms. The summed E-state index contributed by atoms with van der Waals surface area (Å²) in [4.78, 5) is 24.4. The van der Waals surface area contributed by atoms with E-state index < -0.39 is 5.97 Å². The van der Waals surface area contributed by atoms with Gasteiger partial charge in [0.15, 0.2) is 12.4 Å². The molecular formula is C22H22O5. The van der Waals surface area contributed by atoms with Gasteiger partial charge in [-0.1, -0.05) is 24.3 Å². The van der Waals surface area contributed by atoms with E-state index in [4.69, 9.17) is 14.2 Å². The summed E-state index contributed by atoms with van der Waals surface area (Å²) in [6.07, 6.45) is 1.55. The number of hydrogen-bond acceptors (Lipinski definition) is 5. The molecule has 2 aromatic rings. The van der Waals surface area contributed by atoms with Gasteiger partial charge in [0.25, 0.3) is 0 Å². The smallest absolute Gasteiger partial charge is 0.344 e. The predicted molar refractivity (Wildman–Crippen MR) is 102 cm³/mol. The number of carbonyl (C=O) groups is 2.